The first kappa shape index (κ1) is 26.0. The zero-order valence-corrected chi connectivity index (χ0v) is 21.5. The Morgan fingerprint density at radius 3 is 2.37 bits per heavy atom. The van der Waals surface area contributed by atoms with Crippen LogP contribution in [0, 0.1) is 0 Å². The van der Waals surface area contributed by atoms with Crippen molar-refractivity contribution in [2.24, 2.45) is 0 Å². The highest BCUT2D eigenvalue weighted by Crippen LogP contribution is 2.31. The van der Waals surface area contributed by atoms with Crippen LogP contribution in [0.5, 0.6) is 11.8 Å². The second kappa shape index (κ2) is 10.8. The lowest BCUT2D eigenvalue weighted by Gasteiger charge is -2.16. The Kier molecular flexibility index (Phi) is 6.83. The van der Waals surface area contributed by atoms with Crippen molar-refractivity contribution in [2.75, 3.05) is 28.6 Å². The molecule has 1 aliphatic heterocycles. The fourth-order valence-corrected chi connectivity index (χ4v) is 4.49. The summed E-state index contributed by atoms with van der Waals surface area (Å²) in [6.45, 7) is 2.01. The van der Waals surface area contributed by atoms with E-state index in [1.165, 1.54) is 37.4 Å². The number of halogens is 3. The first-order chi connectivity index (χ1) is 19.8. The number of aromatic nitrogens is 5. The quantitative estimate of drug-likeness (QED) is 0.253. The number of carbonyl (C=O) groups is 1. The molecule has 0 atom stereocenters. The van der Waals surface area contributed by atoms with Crippen LogP contribution >= 0.6 is 0 Å². The average Bonchev–Trinajstić information content (AvgIpc) is 3.65. The molecule has 1 fully saturated rings. The zero-order chi connectivity index (χ0) is 28.4. The number of amides is 2. The van der Waals surface area contributed by atoms with E-state index in [1.54, 1.807) is 22.8 Å². The smallest absolute Gasteiger partial charge is 0.416 e. The summed E-state index contributed by atoms with van der Waals surface area (Å²) in [5.74, 6) is 1.44. The summed E-state index contributed by atoms with van der Waals surface area (Å²) in [6, 6.07) is 13.0. The van der Waals surface area contributed by atoms with E-state index < -0.39 is 17.8 Å². The van der Waals surface area contributed by atoms with E-state index in [4.69, 9.17) is 9.72 Å². The maximum absolute atomic E-state index is 12.9. The van der Waals surface area contributed by atoms with Crippen molar-refractivity contribution in [3.8, 4) is 22.9 Å². The number of fused-ring (bicyclic) bond motifs is 1. The van der Waals surface area contributed by atoms with Gasteiger partial charge in [-0.05, 0) is 54.8 Å². The number of nitrogens with zero attached hydrogens (tertiary/aromatic N) is 6. The van der Waals surface area contributed by atoms with E-state index >= 15 is 0 Å². The Bertz CT molecular complexity index is 1680. The molecular formula is C28H23F3N8O2. The summed E-state index contributed by atoms with van der Waals surface area (Å²) >= 11 is 0. The molecule has 1 saturated heterocycles. The Balaban J connectivity index is 1.08. The molecule has 5 aromatic rings. The number of ether oxygens (including phenoxy) is 1. The van der Waals surface area contributed by atoms with Gasteiger partial charge in [0.1, 0.15) is 11.6 Å². The number of urea groups is 1. The maximum atomic E-state index is 12.9. The van der Waals surface area contributed by atoms with Gasteiger partial charge in [0.15, 0.2) is 5.65 Å². The van der Waals surface area contributed by atoms with E-state index in [9.17, 15) is 18.0 Å². The maximum Gasteiger partial charge on any atom is 0.416 e. The molecular weight excluding hydrogens is 537 g/mol. The lowest BCUT2D eigenvalue weighted by atomic mass is 10.1. The van der Waals surface area contributed by atoms with E-state index in [1.807, 2.05) is 24.4 Å². The van der Waals surface area contributed by atoms with Gasteiger partial charge < -0.3 is 20.3 Å². The predicted octanol–water partition coefficient (Wildman–Crippen LogP) is 6.24. The van der Waals surface area contributed by atoms with Crippen LogP contribution in [-0.2, 0) is 6.18 Å². The number of nitrogens with one attached hydrogen (secondary N) is 2. The Morgan fingerprint density at radius 2 is 1.63 bits per heavy atom. The highest BCUT2D eigenvalue weighted by atomic mass is 19.4. The Morgan fingerprint density at radius 1 is 0.902 bits per heavy atom. The predicted molar refractivity (Wildman–Crippen MR) is 146 cm³/mol. The standard InChI is InChI=1S/C28H23F3N8O2/c29-28(30,31)19-4-3-5-20(14-19)35-26(40)36-21-15-32-27(33-16-21)41-22-8-6-18(7-9-22)23-17-34-39-13-10-24(37-25(23)39)38-11-1-2-12-38/h3-10,13-17H,1-2,11-12H2,(H2,35,36,40). The molecule has 0 unspecified atom stereocenters. The third kappa shape index (κ3) is 5.88. The Hall–Kier alpha value is -5.20. The zero-order valence-electron chi connectivity index (χ0n) is 21.5. The molecule has 0 radical (unpaired) electrons. The van der Waals surface area contributed by atoms with Crippen LogP contribution in [0.1, 0.15) is 18.4 Å². The van der Waals surface area contributed by atoms with E-state index in [0.29, 0.717) is 5.75 Å². The normalized spacial score (nSPS) is 13.4. The van der Waals surface area contributed by atoms with Crippen LogP contribution in [0.15, 0.2) is 79.4 Å². The molecule has 10 nitrogen and oxygen atoms in total. The van der Waals surface area contributed by atoms with Crippen LogP contribution < -0.4 is 20.3 Å². The van der Waals surface area contributed by atoms with Crippen LogP contribution in [0.4, 0.5) is 35.2 Å². The van der Waals surface area contributed by atoms with Crippen molar-refractivity contribution >= 4 is 28.9 Å². The lowest BCUT2D eigenvalue weighted by Crippen LogP contribution is -2.20. The second-order valence-corrected chi connectivity index (χ2v) is 9.34. The SMILES string of the molecule is O=C(Nc1cnc(Oc2ccc(-c3cnn4ccc(N5CCCC5)nc34)cc2)nc1)Nc1cccc(C(F)(F)F)c1. The summed E-state index contributed by atoms with van der Waals surface area (Å²) < 4.78 is 46.1. The first-order valence-electron chi connectivity index (χ1n) is 12.8. The highest BCUT2D eigenvalue weighted by Gasteiger charge is 2.30. The number of hydrogen-bond donors (Lipinski definition) is 2. The minimum Gasteiger partial charge on any atom is -0.424 e. The second-order valence-electron chi connectivity index (χ2n) is 9.34. The largest absolute Gasteiger partial charge is 0.424 e. The summed E-state index contributed by atoms with van der Waals surface area (Å²) in [4.78, 5) is 27.5. The third-order valence-corrected chi connectivity index (χ3v) is 6.49. The van der Waals surface area contributed by atoms with Gasteiger partial charge in [0, 0.05) is 30.5 Å². The molecule has 1 aliphatic rings. The molecule has 2 aromatic carbocycles. The molecule has 208 valence electrons. The molecule has 6 rings (SSSR count). The Labute approximate surface area is 231 Å². The highest BCUT2D eigenvalue weighted by molar-refractivity contribution is 5.99. The van der Waals surface area contributed by atoms with Crippen molar-refractivity contribution in [1.82, 2.24) is 24.6 Å². The van der Waals surface area contributed by atoms with Gasteiger partial charge in [0.25, 0.3) is 0 Å². The molecule has 41 heavy (non-hydrogen) atoms. The number of hydrogen-bond acceptors (Lipinski definition) is 7. The van der Waals surface area contributed by atoms with Crippen LogP contribution in [-0.4, -0.2) is 43.7 Å². The molecule has 4 heterocycles. The number of carbonyl (C=O) groups excluding carboxylic acids is 1. The number of alkyl halides is 3. The monoisotopic (exact) mass is 560 g/mol. The van der Waals surface area contributed by atoms with Crippen molar-refractivity contribution < 1.29 is 22.7 Å². The van der Waals surface area contributed by atoms with Crippen LogP contribution in [0.3, 0.4) is 0 Å². The van der Waals surface area contributed by atoms with Gasteiger partial charge in [-0.25, -0.2) is 24.3 Å². The molecule has 0 spiro atoms. The first-order valence-corrected chi connectivity index (χ1v) is 12.8. The molecule has 2 amide bonds. The fraction of sp³-hybridized carbons (Fsp3) is 0.179. The average molecular weight is 561 g/mol. The minimum atomic E-state index is -4.51. The number of rotatable bonds is 6. The van der Waals surface area contributed by atoms with Gasteiger partial charge in [-0.2, -0.15) is 18.3 Å². The lowest BCUT2D eigenvalue weighted by molar-refractivity contribution is -0.137. The molecule has 13 heteroatoms. The summed E-state index contributed by atoms with van der Waals surface area (Å²) in [7, 11) is 0. The topological polar surface area (TPSA) is 110 Å². The third-order valence-electron chi connectivity index (χ3n) is 6.49. The van der Waals surface area contributed by atoms with Crippen molar-refractivity contribution in [2.45, 2.75) is 19.0 Å². The van der Waals surface area contributed by atoms with E-state index in [2.05, 4.69) is 30.6 Å². The molecule has 2 N–H and O–H groups in total. The van der Waals surface area contributed by atoms with Gasteiger partial charge in [0.05, 0.1) is 29.8 Å². The number of anilines is 3. The van der Waals surface area contributed by atoms with Crippen molar-refractivity contribution in [3.63, 3.8) is 0 Å². The summed E-state index contributed by atoms with van der Waals surface area (Å²) in [6.07, 6.45) is 4.17. The molecule has 3 aromatic heterocycles. The van der Waals surface area contributed by atoms with Crippen molar-refractivity contribution in [3.05, 3.63) is 84.9 Å². The van der Waals surface area contributed by atoms with Gasteiger partial charge in [-0.3, -0.25) is 0 Å². The van der Waals surface area contributed by atoms with Gasteiger partial charge in [0.2, 0.25) is 0 Å². The van der Waals surface area contributed by atoms with Gasteiger partial charge >= 0.3 is 18.2 Å². The van der Waals surface area contributed by atoms with Gasteiger partial charge in [-0.15, -0.1) is 0 Å². The van der Waals surface area contributed by atoms with E-state index in [0.717, 1.165) is 47.8 Å². The van der Waals surface area contributed by atoms with E-state index in [-0.39, 0.29) is 17.4 Å². The molecule has 0 bridgehead atoms. The molecule has 0 saturated carbocycles. The fourth-order valence-electron chi connectivity index (χ4n) is 4.49. The van der Waals surface area contributed by atoms with Crippen LogP contribution in [0.25, 0.3) is 16.8 Å². The minimum absolute atomic E-state index is 0.00595. The van der Waals surface area contributed by atoms with Gasteiger partial charge in [-0.1, -0.05) is 18.2 Å². The van der Waals surface area contributed by atoms with Crippen LogP contribution in [0.2, 0.25) is 0 Å². The number of benzene rings is 2. The van der Waals surface area contributed by atoms with Crippen molar-refractivity contribution in [1.29, 1.82) is 0 Å². The summed E-state index contributed by atoms with van der Waals surface area (Å²) in [5.41, 5.74) is 1.94. The molecule has 0 aliphatic carbocycles. The summed E-state index contributed by atoms with van der Waals surface area (Å²) in [5, 5.41) is 9.25.